The van der Waals surface area contributed by atoms with E-state index in [2.05, 4.69) is 22.1 Å². The summed E-state index contributed by atoms with van der Waals surface area (Å²) in [6.07, 6.45) is 2.51. The fourth-order valence-electron chi connectivity index (χ4n) is 2.39. The molecular formula is C13H21N3O2S. The molecule has 0 bridgehead atoms. The molecule has 0 radical (unpaired) electrons. The molecule has 5 nitrogen and oxygen atoms in total. The zero-order valence-corrected chi connectivity index (χ0v) is 12.3. The van der Waals surface area contributed by atoms with E-state index in [0.717, 1.165) is 24.3 Å². The Labute approximate surface area is 114 Å². The topological polar surface area (TPSA) is 62.3 Å². The molecule has 2 heterocycles. The van der Waals surface area contributed by atoms with Crippen LogP contribution < -0.4 is 5.32 Å². The molecule has 1 N–H and O–H groups in total. The molecule has 0 saturated carbocycles. The molecule has 2 rings (SSSR count). The SMILES string of the molecule is CCNc1ccnc(CN(C)C2CCS(=O)(=O)C2)c1. The van der Waals surface area contributed by atoms with Crippen molar-refractivity contribution in [2.45, 2.75) is 25.9 Å². The Morgan fingerprint density at radius 1 is 1.53 bits per heavy atom. The number of nitrogens with one attached hydrogen (secondary N) is 1. The zero-order valence-electron chi connectivity index (χ0n) is 11.5. The minimum atomic E-state index is -2.82. The van der Waals surface area contributed by atoms with E-state index in [4.69, 9.17) is 0 Å². The molecule has 1 saturated heterocycles. The summed E-state index contributed by atoms with van der Waals surface area (Å²) < 4.78 is 23.0. The Hall–Kier alpha value is -1.14. The Morgan fingerprint density at radius 2 is 2.32 bits per heavy atom. The lowest BCUT2D eigenvalue weighted by molar-refractivity contribution is 0.251. The molecule has 1 aromatic rings. The third-order valence-electron chi connectivity index (χ3n) is 3.44. The number of pyridine rings is 1. The van der Waals surface area contributed by atoms with E-state index < -0.39 is 9.84 Å². The van der Waals surface area contributed by atoms with Gasteiger partial charge in [0.15, 0.2) is 9.84 Å². The lowest BCUT2D eigenvalue weighted by Crippen LogP contribution is -2.32. The highest BCUT2D eigenvalue weighted by Crippen LogP contribution is 2.18. The van der Waals surface area contributed by atoms with Gasteiger partial charge in [-0.25, -0.2) is 8.42 Å². The predicted molar refractivity (Wildman–Crippen MR) is 76.9 cm³/mol. The van der Waals surface area contributed by atoms with E-state index in [1.54, 1.807) is 6.20 Å². The molecule has 1 atom stereocenters. The van der Waals surface area contributed by atoms with Gasteiger partial charge in [-0.05, 0) is 32.5 Å². The van der Waals surface area contributed by atoms with Crippen LogP contribution in [0.2, 0.25) is 0 Å². The van der Waals surface area contributed by atoms with Crippen LogP contribution in [0, 0.1) is 0 Å². The summed E-state index contributed by atoms with van der Waals surface area (Å²) in [5, 5.41) is 3.25. The molecule has 0 aromatic carbocycles. The van der Waals surface area contributed by atoms with Crippen LogP contribution in [0.4, 0.5) is 5.69 Å². The van der Waals surface area contributed by atoms with Crippen molar-refractivity contribution in [3.8, 4) is 0 Å². The number of anilines is 1. The van der Waals surface area contributed by atoms with Gasteiger partial charge in [-0.1, -0.05) is 0 Å². The fourth-order valence-corrected chi connectivity index (χ4v) is 4.19. The Morgan fingerprint density at radius 3 is 2.95 bits per heavy atom. The number of hydrogen-bond acceptors (Lipinski definition) is 5. The summed E-state index contributed by atoms with van der Waals surface area (Å²) in [5.41, 5.74) is 2.02. The summed E-state index contributed by atoms with van der Waals surface area (Å²) in [6.45, 7) is 3.61. The summed E-state index contributed by atoms with van der Waals surface area (Å²) in [4.78, 5) is 6.42. The van der Waals surface area contributed by atoms with Crippen molar-refractivity contribution >= 4 is 15.5 Å². The largest absolute Gasteiger partial charge is 0.385 e. The molecule has 6 heteroatoms. The molecule has 0 aliphatic carbocycles. The third kappa shape index (κ3) is 3.91. The first-order chi connectivity index (χ1) is 9.00. The van der Waals surface area contributed by atoms with Gasteiger partial charge in [0.05, 0.1) is 17.2 Å². The van der Waals surface area contributed by atoms with Crippen LogP contribution in [0.3, 0.4) is 0 Å². The normalized spacial score (nSPS) is 21.7. The minimum absolute atomic E-state index is 0.120. The monoisotopic (exact) mass is 283 g/mol. The maximum atomic E-state index is 11.5. The van der Waals surface area contributed by atoms with Crippen molar-refractivity contribution < 1.29 is 8.42 Å². The number of nitrogens with zero attached hydrogens (tertiary/aromatic N) is 2. The van der Waals surface area contributed by atoms with Gasteiger partial charge in [0.2, 0.25) is 0 Å². The van der Waals surface area contributed by atoms with Crippen LogP contribution in [0.5, 0.6) is 0 Å². The quantitative estimate of drug-likeness (QED) is 0.878. The van der Waals surface area contributed by atoms with Gasteiger partial charge in [0.25, 0.3) is 0 Å². The highest BCUT2D eigenvalue weighted by Gasteiger charge is 2.30. The van der Waals surface area contributed by atoms with E-state index in [1.807, 2.05) is 19.2 Å². The van der Waals surface area contributed by atoms with Gasteiger partial charge < -0.3 is 5.32 Å². The number of hydrogen-bond donors (Lipinski definition) is 1. The van der Waals surface area contributed by atoms with E-state index >= 15 is 0 Å². The molecule has 1 unspecified atom stereocenters. The van der Waals surface area contributed by atoms with Crippen molar-refractivity contribution in [2.24, 2.45) is 0 Å². The molecule has 0 amide bonds. The Balaban J connectivity index is 1.99. The average Bonchev–Trinajstić information content (AvgIpc) is 2.71. The zero-order chi connectivity index (χ0) is 13.9. The lowest BCUT2D eigenvalue weighted by atomic mass is 10.2. The van der Waals surface area contributed by atoms with Gasteiger partial charge in [0.1, 0.15) is 0 Å². The van der Waals surface area contributed by atoms with Crippen molar-refractivity contribution in [2.75, 3.05) is 30.4 Å². The molecule has 106 valence electrons. The molecule has 1 fully saturated rings. The fraction of sp³-hybridized carbons (Fsp3) is 0.615. The maximum absolute atomic E-state index is 11.5. The van der Waals surface area contributed by atoms with E-state index in [0.29, 0.717) is 12.3 Å². The summed E-state index contributed by atoms with van der Waals surface area (Å²) in [7, 11) is -0.859. The third-order valence-corrected chi connectivity index (χ3v) is 5.19. The Bertz CT molecular complexity index is 530. The van der Waals surface area contributed by atoms with E-state index in [-0.39, 0.29) is 11.8 Å². The minimum Gasteiger partial charge on any atom is -0.385 e. The van der Waals surface area contributed by atoms with Crippen LogP contribution >= 0.6 is 0 Å². The van der Waals surface area contributed by atoms with E-state index in [1.165, 1.54) is 0 Å². The van der Waals surface area contributed by atoms with Gasteiger partial charge in [-0.3, -0.25) is 9.88 Å². The second kappa shape index (κ2) is 5.88. The molecule has 1 aliphatic rings. The Kier molecular flexibility index (Phi) is 4.42. The van der Waals surface area contributed by atoms with Crippen LogP contribution in [-0.4, -0.2) is 49.4 Å². The maximum Gasteiger partial charge on any atom is 0.151 e. The van der Waals surface area contributed by atoms with Crippen molar-refractivity contribution in [1.82, 2.24) is 9.88 Å². The second-order valence-electron chi connectivity index (χ2n) is 5.04. The van der Waals surface area contributed by atoms with Crippen molar-refractivity contribution in [1.29, 1.82) is 0 Å². The second-order valence-corrected chi connectivity index (χ2v) is 7.27. The number of rotatable bonds is 5. The van der Waals surface area contributed by atoms with Gasteiger partial charge >= 0.3 is 0 Å². The summed E-state index contributed by atoms with van der Waals surface area (Å²) >= 11 is 0. The van der Waals surface area contributed by atoms with Crippen LogP contribution in [-0.2, 0) is 16.4 Å². The van der Waals surface area contributed by atoms with Crippen LogP contribution in [0.15, 0.2) is 18.3 Å². The average molecular weight is 283 g/mol. The van der Waals surface area contributed by atoms with Crippen molar-refractivity contribution in [3.05, 3.63) is 24.0 Å². The molecule has 0 spiro atoms. The molecule has 19 heavy (non-hydrogen) atoms. The molecule has 1 aliphatic heterocycles. The summed E-state index contributed by atoms with van der Waals surface area (Å²) in [5.74, 6) is 0.587. The van der Waals surface area contributed by atoms with Gasteiger partial charge in [0, 0.05) is 31.0 Å². The first-order valence-corrected chi connectivity index (χ1v) is 8.42. The lowest BCUT2D eigenvalue weighted by Gasteiger charge is -2.22. The number of aromatic nitrogens is 1. The first kappa shape index (κ1) is 14.3. The van der Waals surface area contributed by atoms with Crippen molar-refractivity contribution in [3.63, 3.8) is 0 Å². The van der Waals surface area contributed by atoms with Gasteiger partial charge in [-0.2, -0.15) is 0 Å². The molecule has 1 aromatic heterocycles. The standard InChI is InChI=1S/C13H21N3O2S/c1-3-14-11-4-6-15-12(8-11)9-16(2)13-5-7-19(17,18)10-13/h4,6,8,13H,3,5,7,9-10H2,1-2H3,(H,14,15). The van der Waals surface area contributed by atoms with Gasteiger partial charge in [-0.15, -0.1) is 0 Å². The highest BCUT2D eigenvalue weighted by atomic mass is 32.2. The highest BCUT2D eigenvalue weighted by molar-refractivity contribution is 7.91. The summed E-state index contributed by atoms with van der Waals surface area (Å²) in [6, 6.07) is 4.07. The van der Waals surface area contributed by atoms with E-state index in [9.17, 15) is 8.42 Å². The first-order valence-electron chi connectivity index (χ1n) is 6.59. The van der Waals surface area contributed by atoms with Crippen LogP contribution in [0.1, 0.15) is 19.0 Å². The van der Waals surface area contributed by atoms with Crippen LogP contribution in [0.25, 0.3) is 0 Å². The molecular weight excluding hydrogens is 262 g/mol. The smallest absolute Gasteiger partial charge is 0.151 e. The predicted octanol–water partition coefficient (Wildman–Crippen LogP) is 1.13. The number of sulfone groups is 1.